The molecule has 1 saturated heterocycles. The van der Waals surface area contributed by atoms with E-state index >= 15 is 0 Å². The third kappa shape index (κ3) is 3.73. The third-order valence-corrected chi connectivity index (χ3v) is 3.08. The second kappa shape index (κ2) is 4.86. The van der Waals surface area contributed by atoms with Crippen LogP contribution in [-0.4, -0.2) is 30.6 Å². The number of carbonyl (C=O) groups excluding carboxylic acids is 1. The summed E-state index contributed by atoms with van der Waals surface area (Å²) in [6.45, 7) is 7.69. The van der Waals surface area contributed by atoms with Gasteiger partial charge in [0.15, 0.2) is 0 Å². The summed E-state index contributed by atoms with van der Waals surface area (Å²) in [7, 11) is 1.71. The highest BCUT2D eigenvalue weighted by molar-refractivity contribution is 5.74. The van der Waals surface area contributed by atoms with Crippen LogP contribution in [0, 0.1) is 5.41 Å². The van der Waals surface area contributed by atoms with Gasteiger partial charge in [0.05, 0.1) is 0 Å². The van der Waals surface area contributed by atoms with Gasteiger partial charge in [0.1, 0.15) is 0 Å². The molecule has 0 spiro atoms. The summed E-state index contributed by atoms with van der Waals surface area (Å²) in [5.74, 6) is 0. The van der Waals surface area contributed by atoms with Crippen molar-refractivity contribution in [2.45, 2.75) is 52.5 Å². The summed E-state index contributed by atoms with van der Waals surface area (Å²) in [5.41, 5.74) is 0.372. The number of hydrogen-bond acceptors (Lipinski definition) is 1. The van der Waals surface area contributed by atoms with E-state index in [4.69, 9.17) is 0 Å². The predicted molar refractivity (Wildman–Crippen MR) is 62.9 cm³/mol. The quantitative estimate of drug-likeness (QED) is 0.749. The molecule has 0 aromatic carbocycles. The fraction of sp³-hybridized carbons (Fsp3) is 0.917. The van der Waals surface area contributed by atoms with Gasteiger partial charge in [-0.3, -0.25) is 0 Å². The first-order valence-electron chi connectivity index (χ1n) is 5.92. The van der Waals surface area contributed by atoms with Crippen molar-refractivity contribution in [1.82, 2.24) is 10.2 Å². The maximum absolute atomic E-state index is 11.6. The van der Waals surface area contributed by atoms with Crippen LogP contribution < -0.4 is 5.32 Å². The summed E-state index contributed by atoms with van der Waals surface area (Å²) in [6.07, 6.45) is 4.65. The molecule has 1 atom stereocenters. The Kier molecular flexibility index (Phi) is 4.00. The minimum absolute atomic E-state index is 0.0893. The van der Waals surface area contributed by atoms with E-state index in [1.54, 1.807) is 7.05 Å². The third-order valence-electron chi connectivity index (χ3n) is 3.08. The average molecular weight is 212 g/mol. The molecule has 1 aliphatic heterocycles. The van der Waals surface area contributed by atoms with Crippen LogP contribution in [0.15, 0.2) is 0 Å². The van der Waals surface area contributed by atoms with Crippen LogP contribution in [0.25, 0.3) is 0 Å². The van der Waals surface area contributed by atoms with Gasteiger partial charge in [-0.15, -0.1) is 0 Å². The molecular weight excluding hydrogens is 188 g/mol. The zero-order valence-electron chi connectivity index (χ0n) is 10.5. The van der Waals surface area contributed by atoms with Crippen LogP contribution >= 0.6 is 0 Å². The van der Waals surface area contributed by atoms with Crippen LogP contribution in [0.5, 0.6) is 0 Å². The van der Waals surface area contributed by atoms with Crippen molar-refractivity contribution >= 4 is 6.03 Å². The standard InChI is InChI=1S/C12H24N2O/c1-12(2,3)8-7-10-6-5-9-14(10)11(15)13-4/h10H,5-9H2,1-4H3,(H,13,15). The van der Waals surface area contributed by atoms with Gasteiger partial charge in [0.25, 0.3) is 0 Å². The Labute approximate surface area is 93.2 Å². The first kappa shape index (κ1) is 12.3. The molecule has 0 aromatic rings. The number of nitrogens with one attached hydrogen (secondary N) is 1. The van der Waals surface area contributed by atoms with Crippen LogP contribution in [0.3, 0.4) is 0 Å². The Hall–Kier alpha value is -0.730. The number of urea groups is 1. The maximum Gasteiger partial charge on any atom is 0.317 e. The van der Waals surface area contributed by atoms with Gasteiger partial charge in [-0.05, 0) is 31.1 Å². The largest absolute Gasteiger partial charge is 0.341 e. The Morgan fingerprint density at radius 1 is 1.47 bits per heavy atom. The molecule has 0 radical (unpaired) electrons. The molecule has 1 rings (SSSR count). The minimum Gasteiger partial charge on any atom is -0.341 e. The lowest BCUT2D eigenvalue weighted by atomic mass is 9.88. The zero-order valence-corrected chi connectivity index (χ0v) is 10.5. The molecule has 0 saturated carbocycles. The van der Waals surface area contributed by atoms with Crippen molar-refractivity contribution in [3.05, 3.63) is 0 Å². The molecule has 1 heterocycles. The highest BCUT2D eigenvalue weighted by Gasteiger charge is 2.28. The van der Waals surface area contributed by atoms with Crippen molar-refractivity contribution in [3.8, 4) is 0 Å². The molecule has 0 bridgehead atoms. The normalized spacial score (nSPS) is 21.9. The monoisotopic (exact) mass is 212 g/mol. The van der Waals surface area contributed by atoms with E-state index < -0.39 is 0 Å². The lowest BCUT2D eigenvalue weighted by Gasteiger charge is -2.27. The molecule has 0 aromatic heterocycles. The van der Waals surface area contributed by atoms with Crippen molar-refractivity contribution in [1.29, 1.82) is 0 Å². The van der Waals surface area contributed by atoms with Crippen LogP contribution in [0.1, 0.15) is 46.5 Å². The smallest absolute Gasteiger partial charge is 0.317 e. The lowest BCUT2D eigenvalue weighted by molar-refractivity contribution is 0.186. The summed E-state index contributed by atoms with van der Waals surface area (Å²) >= 11 is 0. The van der Waals surface area contributed by atoms with Crippen molar-refractivity contribution in [2.24, 2.45) is 5.41 Å². The van der Waals surface area contributed by atoms with E-state index in [2.05, 4.69) is 26.1 Å². The minimum atomic E-state index is 0.0893. The van der Waals surface area contributed by atoms with Gasteiger partial charge >= 0.3 is 6.03 Å². The molecule has 1 unspecified atom stereocenters. The molecule has 3 heteroatoms. The van der Waals surface area contributed by atoms with Crippen LogP contribution in [0.4, 0.5) is 4.79 Å². The second-order valence-corrected chi connectivity index (χ2v) is 5.64. The first-order chi connectivity index (χ1) is 6.94. The molecule has 1 fully saturated rings. The molecule has 2 amide bonds. The second-order valence-electron chi connectivity index (χ2n) is 5.64. The lowest BCUT2D eigenvalue weighted by Crippen LogP contribution is -2.41. The molecule has 3 nitrogen and oxygen atoms in total. The molecule has 88 valence electrons. The maximum atomic E-state index is 11.6. The highest BCUT2D eigenvalue weighted by atomic mass is 16.2. The van der Waals surface area contributed by atoms with E-state index in [0.717, 1.165) is 19.4 Å². The summed E-state index contributed by atoms with van der Waals surface area (Å²) in [4.78, 5) is 13.6. The fourth-order valence-electron chi connectivity index (χ4n) is 2.15. The Balaban J connectivity index is 2.43. The number of likely N-dealkylation sites (tertiary alicyclic amines) is 1. The number of hydrogen-bond donors (Lipinski definition) is 1. The number of carbonyl (C=O) groups is 1. The van der Waals surface area contributed by atoms with E-state index in [0.29, 0.717) is 11.5 Å². The van der Waals surface area contributed by atoms with Crippen molar-refractivity contribution in [3.63, 3.8) is 0 Å². The Bertz CT molecular complexity index is 220. The summed E-state index contributed by atoms with van der Waals surface area (Å²) in [5, 5.41) is 2.72. The van der Waals surface area contributed by atoms with Crippen molar-refractivity contribution in [2.75, 3.05) is 13.6 Å². The van der Waals surface area contributed by atoms with Gasteiger partial charge in [0, 0.05) is 19.6 Å². The van der Waals surface area contributed by atoms with Gasteiger partial charge in [-0.25, -0.2) is 4.79 Å². The van der Waals surface area contributed by atoms with Gasteiger partial charge < -0.3 is 10.2 Å². The highest BCUT2D eigenvalue weighted by Crippen LogP contribution is 2.27. The molecule has 0 aliphatic carbocycles. The first-order valence-corrected chi connectivity index (χ1v) is 5.92. The van der Waals surface area contributed by atoms with E-state index in [1.807, 2.05) is 4.90 Å². The van der Waals surface area contributed by atoms with Gasteiger partial charge in [0.2, 0.25) is 0 Å². The number of rotatable bonds is 2. The number of amides is 2. The predicted octanol–water partition coefficient (Wildman–Crippen LogP) is 2.62. The van der Waals surface area contributed by atoms with E-state index in [9.17, 15) is 4.79 Å². The van der Waals surface area contributed by atoms with Gasteiger partial charge in [-0.1, -0.05) is 20.8 Å². The Morgan fingerprint density at radius 2 is 2.13 bits per heavy atom. The van der Waals surface area contributed by atoms with Crippen molar-refractivity contribution < 1.29 is 4.79 Å². The zero-order chi connectivity index (χ0) is 11.5. The van der Waals surface area contributed by atoms with Crippen LogP contribution in [-0.2, 0) is 0 Å². The topological polar surface area (TPSA) is 32.3 Å². The average Bonchev–Trinajstić information content (AvgIpc) is 2.60. The number of nitrogens with zero attached hydrogens (tertiary/aromatic N) is 1. The Morgan fingerprint density at radius 3 is 2.67 bits per heavy atom. The summed E-state index contributed by atoms with van der Waals surface area (Å²) < 4.78 is 0. The fourth-order valence-corrected chi connectivity index (χ4v) is 2.15. The SMILES string of the molecule is CNC(=O)N1CCCC1CCC(C)(C)C. The molecule has 1 aliphatic rings. The molecular formula is C12H24N2O. The van der Waals surface area contributed by atoms with Crippen LogP contribution in [0.2, 0.25) is 0 Å². The van der Waals surface area contributed by atoms with E-state index in [1.165, 1.54) is 12.8 Å². The summed E-state index contributed by atoms with van der Waals surface area (Å²) in [6, 6.07) is 0.551. The van der Waals surface area contributed by atoms with E-state index in [-0.39, 0.29) is 6.03 Å². The molecule has 1 N–H and O–H groups in total. The molecule has 15 heavy (non-hydrogen) atoms. The van der Waals surface area contributed by atoms with Gasteiger partial charge in [-0.2, -0.15) is 0 Å².